The van der Waals surface area contributed by atoms with Crippen molar-refractivity contribution in [2.45, 2.75) is 48.6 Å². The van der Waals surface area contributed by atoms with E-state index in [1.807, 2.05) is 72.8 Å². The first-order valence-corrected chi connectivity index (χ1v) is 20.5. The number of carbonyl (C=O) groups is 4. The Morgan fingerprint density at radius 1 is 0.587 bits per heavy atom. The molecule has 63 heavy (non-hydrogen) atoms. The second-order valence-electron chi connectivity index (χ2n) is 15.5. The summed E-state index contributed by atoms with van der Waals surface area (Å²) >= 11 is 0. The summed E-state index contributed by atoms with van der Waals surface area (Å²) in [6.45, 7) is 0. The number of carbonyl (C=O) groups excluding carboxylic acids is 4. The first-order valence-electron chi connectivity index (χ1n) is 20.5. The van der Waals surface area contributed by atoms with Crippen LogP contribution in [-0.2, 0) is 30.0 Å². The van der Waals surface area contributed by atoms with Crippen molar-refractivity contribution in [2.75, 3.05) is 26.9 Å². The van der Waals surface area contributed by atoms with Crippen LogP contribution in [0.5, 0.6) is 11.5 Å². The Morgan fingerprint density at radius 3 is 1.52 bits per heavy atom. The van der Waals surface area contributed by atoms with Crippen molar-refractivity contribution in [2.24, 2.45) is 5.90 Å². The van der Waals surface area contributed by atoms with Crippen LogP contribution in [-0.4, -0.2) is 54.8 Å². The third-order valence-electron chi connectivity index (χ3n) is 11.7. The molecule has 2 saturated carbocycles. The maximum Gasteiger partial charge on any atom is 0.246 e. The Bertz CT molecular complexity index is 2610. The molecule has 0 aliphatic heterocycles. The predicted molar refractivity (Wildman–Crippen MR) is 240 cm³/mol. The molecule has 8 N–H and O–H groups in total. The number of aromatic nitrogens is 2. The Labute approximate surface area is 365 Å². The molecule has 0 radical (unpaired) electrons. The number of methoxy groups -OCH3 is 1. The second-order valence-corrected chi connectivity index (χ2v) is 15.5. The lowest BCUT2D eigenvalue weighted by molar-refractivity contribution is -0.130. The van der Waals surface area contributed by atoms with Crippen molar-refractivity contribution < 1.29 is 28.8 Å². The number of likely N-dealkylation sites (N-methyl/N-ethyl adjacent to an activating group) is 2. The monoisotopic (exact) mass is 846 g/mol. The Kier molecular flexibility index (Phi) is 13.1. The molecule has 322 valence electrons. The Morgan fingerprint density at radius 2 is 1.05 bits per heavy atom. The standard InChI is InChI=1S/C25H26N4O3.C24H24N4O3/c1-27-23(30)22(18-6-4-8-20(14-18)32-2)29-24(31)25(10-11-25)19-7-3-5-16(13-19)17-9-12-28-21(26)15-17;1-26-22(29)21(18-5-3-7-20(15-18)31-25)28-23(30)24(10-11-24)19-6-2-4-17(14-19)16-8-12-27-13-9-16/h3-9,12-15,22H,10-11H2,1-2H3,(H2,26,28)(H,27,30)(H,29,31);2-9,12-15,21H,10-11,25H2,1H3,(H,26,29)(H,28,30). The number of rotatable bonds is 14. The Balaban J connectivity index is 0.000000189. The van der Waals surface area contributed by atoms with Crippen molar-refractivity contribution in [1.29, 1.82) is 0 Å². The molecule has 2 unspecified atom stereocenters. The van der Waals surface area contributed by atoms with Gasteiger partial charge >= 0.3 is 0 Å². The predicted octanol–water partition coefficient (Wildman–Crippen LogP) is 5.61. The highest BCUT2D eigenvalue weighted by atomic mass is 16.6. The molecule has 4 amide bonds. The molecule has 2 heterocycles. The number of pyridine rings is 2. The number of hydrogen-bond acceptors (Lipinski definition) is 10. The zero-order chi connectivity index (χ0) is 44.6. The molecular formula is C49H50N8O6. The van der Waals surface area contributed by atoms with Gasteiger partial charge in [-0.3, -0.25) is 24.2 Å². The lowest BCUT2D eigenvalue weighted by atomic mass is 9.91. The van der Waals surface area contributed by atoms with E-state index in [9.17, 15) is 19.2 Å². The number of nitrogens with zero attached hydrogens (tertiary/aromatic N) is 2. The van der Waals surface area contributed by atoms with E-state index in [1.54, 1.807) is 81.3 Å². The zero-order valence-corrected chi connectivity index (χ0v) is 35.3. The lowest BCUT2D eigenvalue weighted by Gasteiger charge is -2.23. The first-order chi connectivity index (χ1) is 30.5. The van der Waals surface area contributed by atoms with Gasteiger partial charge in [0.2, 0.25) is 23.6 Å². The summed E-state index contributed by atoms with van der Waals surface area (Å²) in [6, 6.07) is 35.7. The molecular weight excluding hydrogens is 797 g/mol. The number of nitrogen functional groups attached to an aromatic ring is 1. The van der Waals surface area contributed by atoms with Crippen molar-refractivity contribution in [3.8, 4) is 33.8 Å². The fourth-order valence-corrected chi connectivity index (χ4v) is 7.72. The molecule has 4 aromatic carbocycles. The van der Waals surface area contributed by atoms with Gasteiger partial charge in [0.1, 0.15) is 29.4 Å². The number of hydrogen-bond donors (Lipinski definition) is 6. The number of nitrogens with one attached hydrogen (secondary N) is 4. The van der Waals surface area contributed by atoms with E-state index in [0.717, 1.165) is 59.1 Å². The molecule has 0 spiro atoms. The van der Waals surface area contributed by atoms with Crippen molar-refractivity contribution in [1.82, 2.24) is 31.2 Å². The molecule has 14 nitrogen and oxygen atoms in total. The van der Waals surface area contributed by atoms with Crippen molar-refractivity contribution in [3.63, 3.8) is 0 Å². The fourth-order valence-electron chi connectivity index (χ4n) is 7.72. The molecule has 2 aliphatic rings. The minimum Gasteiger partial charge on any atom is -0.497 e. The van der Waals surface area contributed by atoms with Crippen LogP contribution in [0.15, 0.2) is 140 Å². The van der Waals surface area contributed by atoms with Gasteiger partial charge < -0.3 is 36.6 Å². The van der Waals surface area contributed by atoms with Crippen LogP contribution >= 0.6 is 0 Å². The van der Waals surface area contributed by atoms with E-state index < -0.39 is 22.9 Å². The lowest BCUT2D eigenvalue weighted by Crippen LogP contribution is -2.43. The van der Waals surface area contributed by atoms with Gasteiger partial charge in [-0.15, -0.1) is 0 Å². The van der Waals surface area contributed by atoms with Gasteiger partial charge in [-0.05, 0) is 119 Å². The maximum atomic E-state index is 13.4. The summed E-state index contributed by atoms with van der Waals surface area (Å²) in [5.41, 5.74) is 11.6. The average Bonchev–Trinajstić information content (AvgIpc) is 4.29. The van der Waals surface area contributed by atoms with E-state index in [0.29, 0.717) is 28.4 Å². The highest BCUT2D eigenvalue weighted by molar-refractivity contribution is 5.97. The van der Waals surface area contributed by atoms with Crippen molar-refractivity contribution >= 4 is 29.4 Å². The molecule has 2 aromatic heterocycles. The maximum absolute atomic E-state index is 13.4. The molecule has 6 aromatic rings. The number of anilines is 1. The van der Waals surface area contributed by atoms with Gasteiger partial charge in [-0.25, -0.2) is 4.98 Å². The van der Waals surface area contributed by atoms with E-state index in [2.05, 4.69) is 31.2 Å². The van der Waals surface area contributed by atoms with E-state index in [1.165, 1.54) is 7.05 Å². The SMILES string of the molecule is CNC(=O)C(NC(=O)C1(c2cccc(-c3ccnc(N)c3)c2)CC1)c1cccc(OC)c1.CNC(=O)C(NC(=O)C1(c2cccc(-c3ccncc3)c2)CC1)c1cccc(ON)c1. The average molecular weight is 847 g/mol. The summed E-state index contributed by atoms with van der Waals surface area (Å²) in [5, 5.41) is 11.2. The number of ether oxygens (including phenoxy) is 1. The van der Waals surface area contributed by atoms with Crippen LogP contribution in [0.25, 0.3) is 22.3 Å². The summed E-state index contributed by atoms with van der Waals surface area (Å²) < 4.78 is 5.28. The van der Waals surface area contributed by atoms with Gasteiger partial charge in [-0.1, -0.05) is 72.8 Å². The quantitative estimate of drug-likeness (QED) is 0.0746. The van der Waals surface area contributed by atoms with Crippen LogP contribution in [0.3, 0.4) is 0 Å². The fraction of sp³-hybridized carbons (Fsp3) is 0.224. The van der Waals surface area contributed by atoms with Gasteiger partial charge in [0.05, 0.1) is 17.9 Å². The normalized spacial score (nSPS) is 14.9. The molecule has 0 bridgehead atoms. The zero-order valence-electron chi connectivity index (χ0n) is 35.3. The smallest absolute Gasteiger partial charge is 0.246 e. The van der Waals surface area contributed by atoms with E-state index >= 15 is 0 Å². The number of nitrogens with two attached hydrogens (primary N) is 2. The molecule has 2 aliphatic carbocycles. The van der Waals surface area contributed by atoms with Gasteiger partial charge in [0, 0.05) is 32.7 Å². The third kappa shape index (κ3) is 9.66. The largest absolute Gasteiger partial charge is 0.497 e. The molecule has 0 saturated heterocycles. The molecule has 2 fully saturated rings. The van der Waals surface area contributed by atoms with Crippen LogP contribution in [0.4, 0.5) is 5.82 Å². The summed E-state index contributed by atoms with van der Waals surface area (Å²) in [4.78, 5) is 64.9. The van der Waals surface area contributed by atoms with Crippen LogP contribution in [0.1, 0.15) is 60.0 Å². The third-order valence-corrected chi connectivity index (χ3v) is 11.7. The van der Waals surface area contributed by atoms with E-state index in [4.69, 9.17) is 21.2 Å². The van der Waals surface area contributed by atoms with Crippen LogP contribution in [0, 0.1) is 0 Å². The number of amides is 4. The molecule has 14 heteroatoms. The van der Waals surface area contributed by atoms with Gasteiger partial charge in [-0.2, -0.15) is 5.90 Å². The first kappa shape index (κ1) is 43.5. The minimum atomic E-state index is -0.853. The van der Waals surface area contributed by atoms with Crippen molar-refractivity contribution in [3.05, 3.63) is 162 Å². The van der Waals surface area contributed by atoms with Gasteiger partial charge in [0.25, 0.3) is 0 Å². The highest BCUT2D eigenvalue weighted by Crippen LogP contribution is 2.50. The van der Waals surface area contributed by atoms with Crippen LogP contribution in [0.2, 0.25) is 0 Å². The summed E-state index contributed by atoms with van der Waals surface area (Å²) in [5.74, 6) is 5.78. The molecule has 2 atom stereocenters. The Hall–Kier alpha value is -7.58. The minimum absolute atomic E-state index is 0.166. The van der Waals surface area contributed by atoms with E-state index in [-0.39, 0.29) is 23.6 Å². The summed E-state index contributed by atoms with van der Waals surface area (Å²) in [7, 11) is 4.66. The summed E-state index contributed by atoms with van der Waals surface area (Å²) in [6.07, 6.45) is 8.05. The topological polar surface area (TPSA) is 213 Å². The second kappa shape index (κ2) is 19.0. The highest BCUT2D eigenvalue weighted by Gasteiger charge is 2.53. The van der Waals surface area contributed by atoms with Gasteiger partial charge in [0.15, 0.2) is 0 Å². The van der Waals surface area contributed by atoms with Crippen LogP contribution < -0.4 is 42.5 Å². The number of benzene rings is 4. The molecule has 8 rings (SSSR count).